The number of hydrogen-bond acceptors (Lipinski definition) is 2. The van der Waals surface area contributed by atoms with Gasteiger partial charge in [0.15, 0.2) is 0 Å². The number of rotatable bonds is 2. The highest BCUT2D eigenvalue weighted by Crippen LogP contribution is 2.26. The standard InChI is InChI=1S/C15H19ClN2O/c16-12-7-5-11(6-8-12)15(19)18-10-2-4-14(18)13-3-1-9-17-13/h5-8,13-14,17H,1-4,9-10H2. The Hall–Kier alpha value is -1.06. The summed E-state index contributed by atoms with van der Waals surface area (Å²) in [4.78, 5) is 14.6. The van der Waals surface area contributed by atoms with Crippen LogP contribution < -0.4 is 5.32 Å². The van der Waals surface area contributed by atoms with Crippen LogP contribution in [0.3, 0.4) is 0 Å². The average Bonchev–Trinajstić information content (AvgIpc) is 3.09. The van der Waals surface area contributed by atoms with Crippen molar-refractivity contribution in [1.29, 1.82) is 0 Å². The van der Waals surface area contributed by atoms with Gasteiger partial charge in [-0.15, -0.1) is 0 Å². The van der Waals surface area contributed by atoms with E-state index in [1.165, 1.54) is 12.8 Å². The highest BCUT2D eigenvalue weighted by molar-refractivity contribution is 6.30. The zero-order chi connectivity index (χ0) is 13.2. The van der Waals surface area contributed by atoms with Gasteiger partial charge in [-0.1, -0.05) is 11.6 Å². The van der Waals surface area contributed by atoms with Gasteiger partial charge in [-0.25, -0.2) is 0 Å². The average molecular weight is 279 g/mol. The Bertz CT molecular complexity index is 454. The maximum atomic E-state index is 12.6. The van der Waals surface area contributed by atoms with Crippen molar-refractivity contribution in [2.24, 2.45) is 0 Å². The van der Waals surface area contributed by atoms with Gasteiger partial charge < -0.3 is 10.2 Å². The molecule has 0 aliphatic carbocycles. The van der Waals surface area contributed by atoms with Crippen LogP contribution in [0, 0.1) is 0 Å². The second-order valence-electron chi connectivity index (χ2n) is 5.42. The van der Waals surface area contributed by atoms with Crippen molar-refractivity contribution >= 4 is 17.5 Å². The molecule has 1 amide bonds. The summed E-state index contributed by atoms with van der Waals surface area (Å²) in [6, 6.07) is 8.07. The van der Waals surface area contributed by atoms with Crippen LogP contribution in [0.4, 0.5) is 0 Å². The molecule has 3 rings (SSSR count). The maximum absolute atomic E-state index is 12.6. The quantitative estimate of drug-likeness (QED) is 0.902. The molecule has 1 aromatic carbocycles. The van der Waals surface area contributed by atoms with Crippen LogP contribution in [0.1, 0.15) is 36.0 Å². The number of amides is 1. The summed E-state index contributed by atoms with van der Waals surface area (Å²) in [5.74, 6) is 0.146. The van der Waals surface area contributed by atoms with Crippen LogP contribution in [0.5, 0.6) is 0 Å². The third-order valence-corrected chi connectivity index (χ3v) is 4.47. The molecule has 2 aliphatic rings. The molecule has 3 nitrogen and oxygen atoms in total. The van der Waals surface area contributed by atoms with Crippen molar-refractivity contribution in [1.82, 2.24) is 10.2 Å². The van der Waals surface area contributed by atoms with E-state index in [1.807, 2.05) is 17.0 Å². The van der Waals surface area contributed by atoms with Gasteiger partial charge in [-0.05, 0) is 56.5 Å². The van der Waals surface area contributed by atoms with E-state index in [-0.39, 0.29) is 5.91 Å². The zero-order valence-corrected chi connectivity index (χ0v) is 11.7. The molecule has 0 saturated carbocycles. The van der Waals surface area contributed by atoms with Crippen molar-refractivity contribution in [2.45, 2.75) is 37.8 Å². The molecule has 0 aromatic heterocycles. The molecule has 1 N–H and O–H groups in total. The van der Waals surface area contributed by atoms with Gasteiger partial charge in [-0.2, -0.15) is 0 Å². The fourth-order valence-electron chi connectivity index (χ4n) is 3.26. The van der Waals surface area contributed by atoms with E-state index in [1.54, 1.807) is 12.1 Å². The zero-order valence-electron chi connectivity index (χ0n) is 10.9. The lowest BCUT2D eigenvalue weighted by molar-refractivity contribution is 0.0711. The van der Waals surface area contributed by atoms with Crippen molar-refractivity contribution in [2.75, 3.05) is 13.1 Å². The van der Waals surface area contributed by atoms with E-state index in [2.05, 4.69) is 5.32 Å². The van der Waals surface area contributed by atoms with E-state index < -0.39 is 0 Å². The Morgan fingerprint density at radius 1 is 1.21 bits per heavy atom. The van der Waals surface area contributed by atoms with Crippen LogP contribution >= 0.6 is 11.6 Å². The Labute approximate surface area is 118 Å². The summed E-state index contributed by atoms with van der Waals surface area (Å²) >= 11 is 5.87. The number of halogens is 1. The molecule has 2 saturated heterocycles. The summed E-state index contributed by atoms with van der Waals surface area (Å²) in [6.45, 7) is 1.97. The number of hydrogen-bond donors (Lipinski definition) is 1. The van der Waals surface area contributed by atoms with Gasteiger partial charge in [0.1, 0.15) is 0 Å². The Kier molecular flexibility index (Phi) is 3.76. The number of nitrogens with one attached hydrogen (secondary N) is 1. The minimum absolute atomic E-state index is 0.146. The summed E-state index contributed by atoms with van der Waals surface area (Å²) in [5.41, 5.74) is 0.745. The summed E-state index contributed by atoms with van der Waals surface area (Å²) < 4.78 is 0. The molecule has 2 unspecified atom stereocenters. The molecule has 102 valence electrons. The molecule has 2 fully saturated rings. The molecule has 0 bridgehead atoms. The van der Waals surface area contributed by atoms with E-state index in [4.69, 9.17) is 11.6 Å². The van der Waals surface area contributed by atoms with Crippen LogP contribution in [-0.2, 0) is 0 Å². The molecule has 19 heavy (non-hydrogen) atoms. The molecule has 2 aliphatic heterocycles. The third kappa shape index (κ3) is 2.63. The van der Waals surface area contributed by atoms with Crippen molar-refractivity contribution < 1.29 is 4.79 Å². The lowest BCUT2D eigenvalue weighted by Gasteiger charge is -2.29. The maximum Gasteiger partial charge on any atom is 0.254 e. The number of nitrogens with zero attached hydrogens (tertiary/aromatic N) is 1. The predicted molar refractivity (Wildman–Crippen MR) is 76.5 cm³/mol. The van der Waals surface area contributed by atoms with Crippen molar-refractivity contribution in [3.8, 4) is 0 Å². The molecule has 2 heterocycles. The first-order chi connectivity index (χ1) is 9.25. The van der Waals surface area contributed by atoms with Crippen molar-refractivity contribution in [3.05, 3.63) is 34.9 Å². The number of carbonyl (C=O) groups is 1. The second-order valence-corrected chi connectivity index (χ2v) is 5.85. The third-order valence-electron chi connectivity index (χ3n) is 4.21. The van der Waals surface area contributed by atoms with Gasteiger partial charge in [0.05, 0.1) is 0 Å². The van der Waals surface area contributed by atoms with Crippen LogP contribution in [0.2, 0.25) is 5.02 Å². The molecule has 0 spiro atoms. The molecular formula is C15H19ClN2O. The monoisotopic (exact) mass is 278 g/mol. The van der Waals surface area contributed by atoms with Gasteiger partial charge >= 0.3 is 0 Å². The summed E-state index contributed by atoms with van der Waals surface area (Å²) in [6.07, 6.45) is 4.65. The van der Waals surface area contributed by atoms with E-state index in [0.717, 1.165) is 31.5 Å². The number of carbonyl (C=O) groups excluding carboxylic acids is 1. The summed E-state index contributed by atoms with van der Waals surface area (Å²) in [5, 5.41) is 4.20. The minimum atomic E-state index is 0.146. The minimum Gasteiger partial charge on any atom is -0.334 e. The highest BCUT2D eigenvalue weighted by Gasteiger charge is 2.36. The lowest BCUT2D eigenvalue weighted by Crippen LogP contribution is -2.46. The lowest BCUT2D eigenvalue weighted by atomic mass is 10.0. The SMILES string of the molecule is O=C(c1ccc(Cl)cc1)N1CCCC1C1CCCN1. The highest BCUT2D eigenvalue weighted by atomic mass is 35.5. The smallest absolute Gasteiger partial charge is 0.254 e. The van der Waals surface area contributed by atoms with E-state index in [0.29, 0.717) is 17.1 Å². The first-order valence-corrected chi connectivity index (χ1v) is 7.43. The molecular weight excluding hydrogens is 260 g/mol. The van der Waals surface area contributed by atoms with E-state index in [9.17, 15) is 4.79 Å². The Balaban J connectivity index is 1.76. The first kappa shape index (κ1) is 12.9. The largest absolute Gasteiger partial charge is 0.334 e. The van der Waals surface area contributed by atoms with E-state index >= 15 is 0 Å². The topological polar surface area (TPSA) is 32.3 Å². The van der Waals surface area contributed by atoms with Crippen molar-refractivity contribution in [3.63, 3.8) is 0 Å². The first-order valence-electron chi connectivity index (χ1n) is 7.05. The van der Waals surface area contributed by atoms with Crippen LogP contribution in [0.25, 0.3) is 0 Å². The Morgan fingerprint density at radius 3 is 2.68 bits per heavy atom. The van der Waals surface area contributed by atoms with Gasteiger partial charge in [0.25, 0.3) is 5.91 Å². The Morgan fingerprint density at radius 2 is 2.00 bits per heavy atom. The molecule has 1 aromatic rings. The second kappa shape index (κ2) is 5.51. The van der Waals surface area contributed by atoms with Gasteiger partial charge in [-0.3, -0.25) is 4.79 Å². The molecule has 2 atom stereocenters. The van der Waals surface area contributed by atoms with Gasteiger partial charge in [0, 0.05) is 29.2 Å². The molecule has 0 radical (unpaired) electrons. The number of benzene rings is 1. The normalized spacial score (nSPS) is 26.9. The fourth-order valence-corrected chi connectivity index (χ4v) is 3.39. The van der Waals surface area contributed by atoms with Crippen LogP contribution in [-0.4, -0.2) is 36.0 Å². The number of likely N-dealkylation sites (tertiary alicyclic amines) is 1. The summed E-state index contributed by atoms with van der Waals surface area (Å²) in [7, 11) is 0. The fraction of sp³-hybridized carbons (Fsp3) is 0.533. The van der Waals surface area contributed by atoms with Crippen LogP contribution in [0.15, 0.2) is 24.3 Å². The van der Waals surface area contributed by atoms with Gasteiger partial charge in [0.2, 0.25) is 0 Å². The molecule has 4 heteroatoms. The predicted octanol–water partition coefficient (Wildman–Crippen LogP) is 2.70.